The van der Waals surface area contributed by atoms with Gasteiger partial charge in [0.1, 0.15) is 24.0 Å². The van der Waals surface area contributed by atoms with Crippen LogP contribution in [0.2, 0.25) is 0 Å². The summed E-state index contributed by atoms with van der Waals surface area (Å²) in [6, 6.07) is -0.601. The fraction of sp³-hybridized carbons (Fsp3) is 0.855. The molecule has 7 aliphatic rings. The first-order valence-corrected chi connectivity index (χ1v) is 33.9. The monoisotopic (exact) mass is 1290 g/mol. The Kier molecular flexibility index (Phi) is 26.0. The lowest BCUT2D eigenvalue weighted by Crippen LogP contribution is -2.60. The summed E-state index contributed by atoms with van der Waals surface area (Å²) in [7, 11) is 8.24. The van der Waals surface area contributed by atoms with E-state index in [1.807, 2.05) is 62.3 Å². The molecule has 0 aromatic carbocycles. The van der Waals surface area contributed by atoms with Crippen molar-refractivity contribution >= 4 is 35.7 Å². The average molecular weight is 1290 g/mol. The average Bonchev–Trinajstić information content (AvgIpc) is 1.60. The lowest BCUT2D eigenvalue weighted by atomic mass is 9.78. The molecule has 520 valence electrons. The number of esters is 2. The normalized spacial score (nSPS) is 44.7. The highest BCUT2D eigenvalue weighted by atomic mass is 16.7. The molecule has 0 spiro atoms. The molecule has 22 heteroatoms. The van der Waals surface area contributed by atoms with Gasteiger partial charge in [-0.05, 0) is 154 Å². The number of carbonyl (C=O) groups excluding carboxylic acids is 6. The van der Waals surface area contributed by atoms with Crippen LogP contribution in [0.1, 0.15) is 163 Å². The molecule has 27 atom stereocenters. The molecule has 10 unspecified atom stereocenters. The summed E-state index contributed by atoms with van der Waals surface area (Å²) >= 11 is 0. The summed E-state index contributed by atoms with van der Waals surface area (Å²) in [6.07, 6.45) is 1.86. The highest BCUT2D eigenvalue weighted by Gasteiger charge is 2.63. The summed E-state index contributed by atoms with van der Waals surface area (Å²) in [6.45, 7) is 44.8. The minimum atomic E-state index is -1.13. The van der Waals surface area contributed by atoms with Crippen LogP contribution in [0.25, 0.3) is 0 Å². The number of alkyl carbamates (subject to hydrolysis) is 1. The Morgan fingerprint density at radius 3 is 1.49 bits per heavy atom. The second kappa shape index (κ2) is 31.2. The van der Waals surface area contributed by atoms with Crippen LogP contribution in [-0.2, 0) is 66.5 Å². The number of carbonyl (C=O) groups is 6. The predicted octanol–water partition coefficient (Wildman–Crippen LogP) is 8.56. The lowest BCUT2D eigenvalue weighted by molar-refractivity contribution is -0.282. The Bertz CT molecular complexity index is 2530. The number of nitrogens with one attached hydrogen (secondary N) is 2. The number of fused-ring (bicyclic) bond motifs is 2. The van der Waals surface area contributed by atoms with Gasteiger partial charge in [-0.2, -0.15) is 0 Å². The Morgan fingerprint density at radius 2 is 1.07 bits per heavy atom. The quantitative estimate of drug-likeness (QED) is 0.0718. The highest BCUT2D eigenvalue weighted by molar-refractivity contribution is 6.00. The number of ketones is 2. The van der Waals surface area contributed by atoms with Crippen LogP contribution < -0.4 is 10.6 Å². The summed E-state index contributed by atoms with van der Waals surface area (Å²) in [5.41, 5.74) is -4.08. The van der Waals surface area contributed by atoms with E-state index in [9.17, 15) is 28.8 Å². The van der Waals surface area contributed by atoms with Gasteiger partial charge in [-0.1, -0.05) is 67.5 Å². The van der Waals surface area contributed by atoms with Crippen LogP contribution in [0, 0.1) is 47.3 Å². The van der Waals surface area contributed by atoms with E-state index in [2.05, 4.69) is 101 Å². The van der Waals surface area contributed by atoms with Gasteiger partial charge in [-0.3, -0.25) is 29.0 Å². The number of hydrogen-bond donors (Lipinski definition) is 2. The van der Waals surface area contributed by atoms with Crippen LogP contribution in [0.5, 0.6) is 0 Å². The molecular weight excluding hydrogens is 1170 g/mol. The zero-order valence-electron chi connectivity index (χ0n) is 59.4. The van der Waals surface area contributed by atoms with Gasteiger partial charge < -0.3 is 67.8 Å². The van der Waals surface area contributed by atoms with Crippen LogP contribution in [0.4, 0.5) is 9.59 Å². The van der Waals surface area contributed by atoms with Crippen LogP contribution in [0.3, 0.4) is 0 Å². The molecule has 7 aliphatic heterocycles. The fourth-order valence-electron chi connectivity index (χ4n) is 16.4. The van der Waals surface area contributed by atoms with Crippen molar-refractivity contribution in [1.29, 1.82) is 0 Å². The van der Waals surface area contributed by atoms with Crippen molar-refractivity contribution in [3.8, 4) is 0 Å². The molecule has 7 saturated heterocycles. The number of Topliss-reactive ketones (excluding diaryl/α,β-unsaturated/α-hetero) is 2. The molecule has 0 saturated carbocycles. The van der Waals surface area contributed by atoms with Gasteiger partial charge in [-0.15, -0.1) is 13.2 Å². The number of cyclic esters (lactones) is 2. The van der Waals surface area contributed by atoms with Gasteiger partial charge in [0.2, 0.25) is 0 Å². The van der Waals surface area contributed by atoms with Crippen LogP contribution in [0.15, 0.2) is 25.3 Å². The number of amides is 2. The SMILES string of the molecule is C=CCO[C@]1(C)C[C@@H](C)CN2CN3C(=O)O[C@](C)([C@@H](CC)OC(=O)[C@H](C)C(=O)[C@H](C)C1O[C@@H]1OC(C)CC(N(C)C)C1C)[C@H]3[C@H]2C.C=CCO[C@]1(C)C[C@@H](C)CN[C@H](C)[C@H]2NC(=O)O[C@]2(C)[C@@H](CC)OC(=O)C(C)C(=O)[C@H](C)C1O[C@@H]1OC(C)CC(N(C)C)C1C. The molecule has 2 amide bonds. The first-order valence-electron chi connectivity index (χ1n) is 33.9. The molecule has 7 rings (SSSR count). The van der Waals surface area contributed by atoms with E-state index < -0.39 is 113 Å². The van der Waals surface area contributed by atoms with Gasteiger partial charge in [-0.25, -0.2) is 9.59 Å². The van der Waals surface area contributed by atoms with Crippen molar-refractivity contribution in [3.63, 3.8) is 0 Å². The Hall–Kier alpha value is -4.10. The maximum Gasteiger partial charge on any atom is 0.412 e. The van der Waals surface area contributed by atoms with Gasteiger partial charge >= 0.3 is 24.1 Å². The molecule has 2 N–H and O–H groups in total. The van der Waals surface area contributed by atoms with Crippen LogP contribution >= 0.6 is 0 Å². The van der Waals surface area contributed by atoms with Crippen molar-refractivity contribution < 1.29 is 76.1 Å². The van der Waals surface area contributed by atoms with E-state index in [-0.39, 0.29) is 90.9 Å². The largest absolute Gasteiger partial charge is 0.458 e. The molecule has 22 nitrogen and oxygen atoms in total. The van der Waals surface area contributed by atoms with E-state index in [4.69, 9.17) is 47.4 Å². The first-order chi connectivity index (χ1) is 42.5. The third kappa shape index (κ3) is 16.6. The molecule has 0 radical (unpaired) electrons. The van der Waals surface area contributed by atoms with E-state index in [0.717, 1.165) is 12.8 Å². The smallest absolute Gasteiger partial charge is 0.412 e. The van der Waals surface area contributed by atoms with Gasteiger partial charge in [0, 0.05) is 54.4 Å². The van der Waals surface area contributed by atoms with E-state index in [1.165, 1.54) is 0 Å². The molecule has 7 heterocycles. The molecular formula is C69H118N6O16. The standard InChI is InChI=1S/C35H59N3O8.C34H59N3O8/c1-13-15-42-34(9)17-20(3)18-37-19-38-29(25(37)8)35(10,46-33(38)41)27(14-2)44-31(40)24(7)28(39)23(6)30(34)45-32-22(5)26(36(11)12)16-21(4)43-32;1-13-15-41-33(9)17-19(3)18-35-24(8)28-34(10,45-32(40)36-28)26(14-2)43-30(39)23(7)27(38)22(6)29(33)44-31-21(5)25(37(11)12)16-20(4)42-31/h13,20-27,29-30,32H,1,14-19H2,2-12H3;13,19-26,28-29,31,35H,1,14-18H2,2-12H3,(H,36,40)/t20-,21?,22?,23+,24-,25-,26?,27-,29-,30?,32+,34-,35-;19-,20?,21?,22+,23?,24-,25?,26-,28-,29?,31+,33-,34-/m11/s1. The maximum absolute atomic E-state index is 14.3. The Balaban J connectivity index is 0.000000289. The second-order valence-electron chi connectivity index (χ2n) is 29.4. The molecule has 0 aliphatic carbocycles. The third-order valence-corrected chi connectivity index (χ3v) is 21.4. The summed E-state index contributed by atoms with van der Waals surface area (Å²) in [5, 5.41) is 6.50. The van der Waals surface area contributed by atoms with E-state index in [0.29, 0.717) is 45.4 Å². The Labute approximate surface area is 544 Å². The zero-order valence-corrected chi connectivity index (χ0v) is 59.4. The fourth-order valence-corrected chi connectivity index (χ4v) is 16.4. The van der Waals surface area contributed by atoms with Crippen molar-refractivity contribution in [2.45, 2.75) is 271 Å². The second-order valence-corrected chi connectivity index (χ2v) is 29.4. The number of hydrogen-bond acceptors (Lipinski definition) is 20. The zero-order chi connectivity index (χ0) is 68.2. The summed E-state index contributed by atoms with van der Waals surface area (Å²) in [4.78, 5) is 89.9. The minimum Gasteiger partial charge on any atom is -0.458 e. The highest BCUT2D eigenvalue weighted by Crippen LogP contribution is 2.45. The van der Waals surface area contributed by atoms with Crippen LogP contribution in [-0.4, -0.2) is 224 Å². The molecule has 91 heavy (non-hydrogen) atoms. The van der Waals surface area contributed by atoms with E-state index in [1.54, 1.807) is 44.7 Å². The molecule has 0 aromatic heterocycles. The van der Waals surface area contributed by atoms with Crippen molar-refractivity contribution in [2.75, 3.05) is 61.2 Å². The van der Waals surface area contributed by atoms with Crippen molar-refractivity contribution in [2.24, 2.45) is 47.3 Å². The third-order valence-electron chi connectivity index (χ3n) is 21.4. The van der Waals surface area contributed by atoms with Gasteiger partial charge in [0.15, 0.2) is 35.3 Å². The maximum atomic E-state index is 14.3. The van der Waals surface area contributed by atoms with E-state index >= 15 is 0 Å². The number of rotatable bonds is 14. The molecule has 7 fully saturated rings. The Morgan fingerprint density at radius 1 is 0.626 bits per heavy atom. The predicted molar refractivity (Wildman–Crippen MR) is 345 cm³/mol. The minimum absolute atomic E-state index is 0.0155. The van der Waals surface area contributed by atoms with Gasteiger partial charge in [0.05, 0.1) is 67.6 Å². The van der Waals surface area contributed by atoms with Crippen molar-refractivity contribution in [3.05, 3.63) is 25.3 Å². The molecule has 0 aromatic rings. The van der Waals surface area contributed by atoms with Gasteiger partial charge in [0.25, 0.3) is 0 Å². The summed E-state index contributed by atoms with van der Waals surface area (Å²) in [5.74, 6) is -5.36. The number of nitrogens with zero attached hydrogens (tertiary/aromatic N) is 4. The summed E-state index contributed by atoms with van der Waals surface area (Å²) < 4.78 is 63.6. The number of ether oxygens (including phenoxy) is 10. The van der Waals surface area contributed by atoms with Crippen molar-refractivity contribution in [1.82, 2.24) is 30.2 Å². The topological polar surface area (TPSA) is 232 Å². The molecule has 2 bridgehead atoms. The lowest BCUT2D eigenvalue weighted by Gasteiger charge is -2.47. The first kappa shape index (κ1) is 75.9.